The van der Waals surface area contributed by atoms with E-state index < -0.39 is 9.84 Å². The summed E-state index contributed by atoms with van der Waals surface area (Å²) >= 11 is 0. The zero-order valence-electron chi connectivity index (χ0n) is 22.9. The van der Waals surface area contributed by atoms with Gasteiger partial charge in [-0.05, 0) is 60.2 Å². The van der Waals surface area contributed by atoms with Gasteiger partial charge in [-0.1, -0.05) is 25.1 Å². The van der Waals surface area contributed by atoms with Crippen LogP contribution in [0.5, 0.6) is 5.75 Å². The quantitative estimate of drug-likeness (QED) is 0.182. The lowest BCUT2D eigenvalue weighted by Crippen LogP contribution is -2.23. The van der Waals surface area contributed by atoms with Crippen LogP contribution in [0.1, 0.15) is 18.2 Å². The number of hydrogen-bond donors (Lipinski definition) is 2. The molecule has 0 spiro atoms. The number of sulfone groups is 1. The van der Waals surface area contributed by atoms with Gasteiger partial charge in [-0.25, -0.2) is 22.8 Å². The Bertz CT molecular complexity index is 1760. The lowest BCUT2D eigenvalue weighted by Gasteiger charge is -2.11. The molecule has 0 bridgehead atoms. The van der Waals surface area contributed by atoms with Gasteiger partial charge >= 0.3 is 0 Å². The molecule has 0 saturated carbocycles. The van der Waals surface area contributed by atoms with E-state index in [1.165, 1.54) is 23.8 Å². The van der Waals surface area contributed by atoms with E-state index >= 15 is 0 Å². The first kappa shape index (κ1) is 26.0. The lowest BCUT2D eigenvalue weighted by molar-refractivity contribution is 0.306. The fraction of sp³-hybridized carbons (Fsp3) is 0.200. The van der Waals surface area contributed by atoms with Crippen LogP contribution in [-0.4, -0.2) is 36.4 Å². The van der Waals surface area contributed by atoms with Crippen molar-refractivity contribution in [2.24, 2.45) is 0 Å². The third kappa shape index (κ3) is 7.02. The van der Waals surface area contributed by atoms with Gasteiger partial charge in [0, 0.05) is 35.0 Å². The van der Waals surface area contributed by atoms with Gasteiger partial charge in [0.05, 0.1) is 17.8 Å². The molecule has 0 fully saturated rings. The summed E-state index contributed by atoms with van der Waals surface area (Å²) in [6.07, 6.45) is 1.42. The molecule has 2 aromatic heterocycles. The molecule has 0 aliphatic heterocycles. The van der Waals surface area contributed by atoms with Gasteiger partial charge in [0.15, 0.2) is 11.2 Å². The Morgan fingerprint density at radius 1 is 1.02 bits per heavy atom. The summed E-state index contributed by atoms with van der Waals surface area (Å²) < 4.78 is 57.5. The van der Waals surface area contributed by atoms with Gasteiger partial charge in [0.2, 0.25) is 0 Å². The van der Waals surface area contributed by atoms with Crippen molar-refractivity contribution in [1.82, 2.24) is 15.3 Å². The Labute approximate surface area is 233 Å². The minimum Gasteiger partial charge on any atom is -0.489 e. The van der Waals surface area contributed by atoms with Gasteiger partial charge in [-0.2, -0.15) is 0 Å². The number of benzene rings is 3. The van der Waals surface area contributed by atoms with E-state index in [0.29, 0.717) is 58.3 Å². The molecule has 2 N–H and O–H groups in total. The Balaban J connectivity index is 1.32. The maximum Gasteiger partial charge on any atom is 0.168 e. The van der Waals surface area contributed by atoms with Crippen molar-refractivity contribution in [3.05, 3.63) is 102 Å². The van der Waals surface area contributed by atoms with E-state index in [-0.39, 0.29) is 23.9 Å². The molecule has 40 heavy (non-hydrogen) atoms. The zero-order valence-corrected chi connectivity index (χ0v) is 22.7. The summed E-state index contributed by atoms with van der Waals surface area (Å²) in [5, 5.41) is 4.97. The van der Waals surface area contributed by atoms with Crippen LogP contribution in [0.15, 0.2) is 89.6 Å². The number of fused-ring (bicyclic) bond motifs is 1. The summed E-state index contributed by atoms with van der Waals surface area (Å²) in [7, 11) is -3.03. The van der Waals surface area contributed by atoms with Gasteiger partial charge in [-0.3, -0.25) is 0 Å². The maximum absolute atomic E-state index is 13.5. The van der Waals surface area contributed by atoms with Crippen LogP contribution in [0.4, 0.5) is 15.9 Å². The first-order chi connectivity index (χ1) is 19.8. The molecule has 5 rings (SSSR count). The Hall–Kier alpha value is -4.28. The second-order valence-corrected chi connectivity index (χ2v) is 11.6. The van der Waals surface area contributed by atoms with Crippen molar-refractivity contribution < 1.29 is 23.4 Å². The molecule has 2 heterocycles. The SMILES string of the molecule is [2H]N(c1cccc(OCc2cccc(F)c2)c1)c1ncnc2ccc(-c3ccc(CNCCS(=O)(=O)CC)o3)cc12. The van der Waals surface area contributed by atoms with Crippen LogP contribution < -0.4 is 15.4 Å². The van der Waals surface area contributed by atoms with Gasteiger partial charge in [0.25, 0.3) is 0 Å². The van der Waals surface area contributed by atoms with Crippen LogP contribution in [-0.2, 0) is 23.0 Å². The average molecular weight is 562 g/mol. The number of nitrogens with zero attached hydrogens (tertiary/aromatic N) is 2. The molecule has 0 atom stereocenters. The monoisotopic (exact) mass is 561 g/mol. The second kappa shape index (κ2) is 12.3. The predicted molar refractivity (Wildman–Crippen MR) is 154 cm³/mol. The van der Waals surface area contributed by atoms with E-state index in [1.54, 1.807) is 43.3 Å². The van der Waals surface area contributed by atoms with Crippen LogP contribution in [0.2, 0.25) is 1.41 Å². The van der Waals surface area contributed by atoms with Crippen molar-refractivity contribution >= 4 is 32.2 Å². The molecule has 0 unspecified atom stereocenters. The number of halogens is 1. The van der Waals surface area contributed by atoms with E-state index in [2.05, 4.69) is 15.3 Å². The zero-order chi connectivity index (χ0) is 28.8. The molecule has 10 heteroatoms. The molecule has 0 amide bonds. The first-order valence-corrected chi connectivity index (χ1v) is 14.6. The predicted octanol–water partition coefficient (Wildman–Crippen LogP) is 5.88. The number of furan rings is 1. The highest BCUT2D eigenvalue weighted by Crippen LogP contribution is 2.30. The molecule has 3 aromatic carbocycles. The highest BCUT2D eigenvalue weighted by molar-refractivity contribution is 7.91. The molecule has 0 saturated heterocycles. The van der Waals surface area contributed by atoms with E-state index in [1.807, 2.05) is 30.3 Å². The molecular weight excluding hydrogens is 531 g/mol. The van der Waals surface area contributed by atoms with Crippen molar-refractivity contribution in [2.75, 3.05) is 23.4 Å². The molecule has 206 valence electrons. The van der Waals surface area contributed by atoms with Crippen molar-refractivity contribution in [3.63, 3.8) is 0 Å². The molecule has 8 nitrogen and oxygen atoms in total. The molecule has 0 aliphatic carbocycles. The maximum atomic E-state index is 13.5. The molecule has 5 aromatic rings. The summed E-state index contributed by atoms with van der Waals surface area (Å²) in [6.45, 7) is 2.58. The van der Waals surface area contributed by atoms with Crippen molar-refractivity contribution in [1.29, 1.82) is 0 Å². The minimum atomic E-state index is -3.03. The minimum absolute atomic E-state index is 0.0795. The van der Waals surface area contributed by atoms with Crippen LogP contribution in [0.3, 0.4) is 0 Å². The normalized spacial score (nSPS) is 11.9. The van der Waals surface area contributed by atoms with E-state index in [4.69, 9.17) is 10.6 Å². The third-order valence-corrected chi connectivity index (χ3v) is 7.94. The standard InChI is InChI=1S/C30H29FN4O4S/c1-2-40(36,37)14-13-32-18-26-10-12-29(39-26)22-9-11-28-27(16-22)30(34-20-33-28)35-24-7-4-8-25(17-24)38-19-21-5-3-6-23(31)15-21/h3-12,15-17,20,32H,2,13-14,18-19H2,1H3,(H,33,34,35)/i/hD. The fourth-order valence-corrected chi connectivity index (χ4v) is 4.80. The summed E-state index contributed by atoms with van der Waals surface area (Å²) in [6, 6.07) is 22.6. The Morgan fingerprint density at radius 3 is 2.75 bits per heavy atom. The van der Waals surface area contributed by atoms with Gasteiger partial charge < -0.3 is 19.8 Å². The Morgan fingerprint density at radius 2 is 1.90 bits per heavy atom. The number of aromatic nitrogens is 2. The molecule has 0 radical (unpaired) electrons. The highest BCUT2D eigenvalue weighted by Gasteiger charge is 2.11. The first-order valence-electron chi connectivity index (χ1n) is 13.3. The van der Waals surface area contributed by atoms with Crippen molar-refractivity contribution in [3.8, 4) is 17.1 Å². The second-order valence-electron chi connectivity index (χ2n) is 9.14. The number of anilines is 2. The van der Waals surface area contributed by atoms with E-state index in [0.717, 1.165) is 5.56 Å². The van der Waals surface area contributed by atoms with Crippen LogP contribution in [0, 0.1) is 5.82 Å². The van der Waals surface area contributed by atoms with Gasteiger partial charge in [-0.15, -0.1) is 0 Å². The summed E-state index contributed by atoms with van der Waals surface area (Å²) in [5.74, 6) is 2.10. The van der Waals surface area contributed by atoms with Crippen LogP contribution in [0.25, 0.3) is 22.2 Å². The number of ether oxygens (including phenoxy) is 1. The average Bonchev–Trinajstić information content (AvgIpc) is 3.47. The lowest BCUT2D eigenvalue weighted by atomic mass is 10.1. The van der Waals surface area contributed by atoms with Crippen LogP contribution >= 0.6 is 0 Å². The van der Waals surface area contributed by atoms with E-state index in [9.17, 15) is 12.8 Å². The highest BCUT2D eigenvalue weighted by atomic mass is 32.2. The number of rotatable bonds is 12. The molecule has 0 aliphatic rings. The summed E-state index contributed by atoms with van der Waals surface area (Å²) in [5.41, 5.74) is 2.69. The van der Waals surface area contributed by atoms with Gasteiger partial charge in [0.1, 0.15) is 41.8 Å². The smallest absolute Gasteiger partial charge is 0.168 e. The summed E-state index contributed by atoms with van der Waals surface area (Å²) in [4.78, 5) is 8.74. The fourth-order valence-electron chi connectivity index (χ4n) is 4.06. The largest absolute Gasteiger partial charge is 0.489 e. The number of hydrogen-bond acceptors (Lipinski definition) is 8. The number of nitrogens with one attached hydrogen (secondary N) is 2. The third-order valence-electron chi connectivity index (χ3n) is 6.24. The van der Waals surface area contributed by atoms with Crippen molar-refractivity contribution in [2.45, 2.75) is 20.1 Å². The topological polar surface area (TPSA) is 106 Å². The Kier molecular flexibility index (Phi) is 7.97. The molecular formula is C30H29FN4O4S.